The minimum Gasteiger partial charge on any atom is -0.352 e. The molecule has 0 bridgehead atoms. The molecule has 0 spiro atoms. The van der Waals surface area contributed by atoms with Gasteiger partial charge in [-0.15, -0.1) is 0 Å². The van der Waals surface area contributed by atoms with Crippen molar-refractivity contribution in [3.05, 3.63) is 54.2 Å². The number of fused-ring (bicyclic) bond motifs is 2. The van der Waals surface area contributed by atoms with Gasteiger partial charge in [0.2, 0.25) is 0 Å². The Balaban J connectivity index is 1.24. The largest absolute Gasteiger partial charge is 0.352 e. The molecular weight excluding hydrogens is 437 g/mol. The van der Waals surface area contributed by atoms with E-state index in [1.165, 1.54) is 12.0 Å². The second-order valence-electron chi connectivity index (χ2n) is 9.32. The van der Waals surface area contributed by atoms with Crippen LogP contribution >= 0.6 is 8.53 Å². The fourth-order valence-corrected chi connectivity index (χ4v) is 7.66. The lowest BCUT2D eigenvalue weighted by atomic mass is 9.87. The van der Waals surface area contributed by atoms with Crippen LogP contribution in [0.3, 0.4) is 0 Å². The summed E-state index contributed by atoms with van der Waals surface area (Å²) in [6.45, 7) is 7.35. The lowest BCUT2D eigenvalue weighted by molar-refractivity contribution is -0.0163. The van der Waals surface area contributed by atoms with Gasteiger partial charge in [-0.05, 0) is 38.7 Å². The number of aryl methyl sites for hydroxylation is 1. The van der Waals surface area contributed by atoms with Gasteiger partial charge in [0.05, 0.1) is 30.3 Å². The van der Waals surface area contributed by atoms with Crippen LogP contribution in [0.4, 0.5) is 0 Å². The van der Waals surface area contributed by atoms with Crippen LogP contribution < -0.4 is 0 Å². The summed E-state index contributed by atoms with van der Waals surface area (Å²) < 4.78 is 24.4. The SMILES string of the molecule is CC[C@H]1O[C@@H](n2cnc3c(C)ncnc32)CC1O[P@]1O[C@@](C)(c2ccccc2)[C@H]2CCCN21. The standard InChI is InChI=1S/C24H30N5O3P/c1-4-18-19(13-21(30-18)28-15-27-22-16(2)25-14-26-23(22)28)31-33-29-12-8-11-20(29)24(3,32-33)17-9-6-5-7-10-17/h5-7,9-10,14-15,18-21H,4,8,11-13H2,1-3H3/t18-,19?,20-,21-,24+,33-/m1/s1. The fourth-order valence-electron chi connectivity index (χ4n) is 5.52. The van der Waals surface area contributed by atoms with Crippen molar-refractivity contribution < 1.29 is 13.8 Å². The predicted molar refractivity (Wildman–Crippen MR) is 125 cm³/mol. The topological polar surface area (TPSA) is 74.5 Å². The van der Waals surface area contributed by atoms with Crippen molar-refractivity contribution >= 4 is 19.7 Å². The molecule has 0 radical (unpaired) electrons. The Morgan fingerprint density at radius 2 is 2.06 bits per heavy atom. The van der Waals surface area contributed by atoms with Crippen molar-refractivity contribution in [2.24, 2.45) is 0 Å². The molecule has 3 aliphatic rings. The van der Waals surface area contributed by atoms with Crippen LogP contribution in [-0.4, -0.2) is 49.0 Å². The summed E-state index contributed by atoms with van der Waals surface area (Å²) in [7, 11) is -1.15. The Morgan fingerprint density at radius 3 is 2.88 bits per heavy atom. The number of hydrogen-bond acceptors (Lipinski definition) is 7. The van der Waals surface area contributed by atoms with E-state index in [-0.39, 0.29) is 24.0 Å². The number of benzene rings is 1. The van der Waals surface area contributed by atoms with E-state index in [1.54, 1.807) is 6.33 Å². The molecule has 8 nitrogen and oxygen atoms in total. The summed E-state index contributed by atoms with van der Waals surface area (Å²) in [6.07, 6.45) is 7.15. The van der Waals surface area contributed by atoms with Crippen LogP contribution in [0, 0.1) is 6.92 Å². The Hall–Kier alpha value is -1.96. The number of nitrogens with zero attached hydrogens (tertiary/aromatic N) is 5. The summed E-state index contributed by atoms with van der Waals surface area (Å²) in [4.78, 5) is 13.2. The maximum absolute atomic E-state index is 6.75. The number of ether oxygens (including phenoxy) is 1. The van der Waals surface area contributed by atoms with E-state index in [0.717, 1.165) is 42.7 Å². The molecule has 1 unspecified atom stereocenters. The first-order chi connectivity index (χ1) is 16.1. The Labute approximate surface area is 195 Å². The van der Waals surface area contributed by atoms with Gasteiger partial charge in [0.25, 0.3) is 8.53 Å². The van der Waals surface area contributed by atoms with Gasteiger partial charge in [-0.1, -0.05) is 37.3 Å². The lowest BCUT2D eigenvalue weighted by Crippen LogP contribution is -2.36. The Kier molecular flexibility index (Phi) is 5.46. The molecule has 3 saturated heterocycles. The van der Waals surface area contributed by atoms with E-state index in [4.69, 9.17) is 13.8 Å². The van der Waals surface area contributed by atoms with Crippen LogP contribution in [0.2, 0.25) is 0 Å². The quantitative estimate of drug-likeness (QED) is 0.497. The van der Waals surface area contributed by atoms with Crippen LogP contribution in [-0.2, 0) is 19.4 Å². The van der Waals surface area contributed by atoms with E-state index >= 15 is 0 Å². The van der Waals surface area contributed by atoms with Crippen molar-refractivity contribution in [1.82, 2.24) is 24.2 Å². The maximum atomic E-state index is 6.75. The Bertz CT molecular complexity index is 1140. The molecule has 0 N–H and O–H groups in total. The first kappa shape index (κ1) is 21.6. The molecule has 5 heterocycles. The third kappa shape index (κ3) is 3.51. The number of rotatable bonds is 5. The molecular formula is C24H30N5O3P. The summed E-state index contributed by atoms with van der Waals surface area (Å²) in [5, 5.41) is 0. The molecule has 0 amide bonds. The van der Waals surface area contributed by atoms with Gasteiger partial charge < -0.3 is 13.8 Å². The third-order valence-electron chi connectivity index (χ3n) is 7.35. The van der Waals surface area contributed by atoms with E-state index < -0.39 is 8.53 Å². The molecule has 6 rings (SSSR count). The van der Waals surface area contributed by atoms with Crippen LogP contribution in [0.15, 0.2) is 43.0 Å². The van der Waals surface area contributed by atoms with Gasteiger partial charge in [0.15, 0.2) is 5.65 Å². The highest BCUT2D eigenvalue weighted by Gasteiger charge is 2.56. The molecule has 0 aliphatic carbocycles. The molecule has 174 valence electrons. The van der Waals surface area contributed by atoms with E-state index in [2.05, 4.69) is 63.8 Å². The van der Waals surface area contributed by atoms with Crippen LogP contribution in [0.5, 0.6) is 0 Å². The maximum Gasteiger partial charge on any atom is 0.260 e. The minimum atomic E-state index is -1.15. The number of aromatic nitrogens is 4. The van der Waals surface area contributed by atoms with Gasteiger partial charge in [0.1, 0.15) is 23.7 Å². The molecule has 6 atom stereocenters. The lowest BCUT2D eigenvalue weighted by Gasteiger charge is -2.29. The fraction of sp³-hybridized carbons (Fsp3) is 0.542. The smallest absolute Gasteiger partial charge is 0.260 e. The van der Waals surface area contributed by atoms with Gasteiger partial charge in [-0.3, -0.25) is 4.57 Å². The summed E-state index contributed by atoms with van der Waals surface area (Å²) in [6, 6.07) is 10.9. The molecule has 9 heteroatoms. The molecule has 1 aromatic carbocycles. The molecule has 3 aromatic rings. The van der Waals surface area contributed by atoms with E-state index in [9.17, 15) is 0 Å². The second-order valence-corrected chi connectivity index (χ2v) is 10.7. The first-order valence-electron chi connectivity index (χ1n) is 11.9. The summed E-state index contributed by atoms with van der Waals surface area (Å²) >= 11 is 0. The zero-order valence-electron chi connectivity index (χ0n) is 19.3. The monoisotopic (exact) mass is 467 g/mol. The van der Waals surface area contributed by atoms with Gasteiger partial charge >= 0.3 is 0 Å². The van der Waals surface area contributed by atoms with Crippen molar-refractivity contribution in [1.29, 1.82) is 0 Å². The minimum absolute atomic E-state index is 0.00567. The molecule has 3 aliphatic heterocycles. The third-order valence-corrected chi connectivity index (χ3v) is 9.23. The van der Waals surface area contributed by atoms with Crippen molar-refractivity contribution in [3.8, 4) is 0 Å². The van der Waals surface area contributed by atoms with Crippen molar-refractivity contribution in [2.45, 2.75) is 76.5 Å². The number of hydrogen-bond donors (Lipinski definition) is 0. The van der Waals surface area contributed by atoms with Gasteiger partial charge in [0, 0.05) is 13.0 Å². The van der Waals surface area contributed by atoms with Crippen LogP contribution in [0.1, 0.15) is 57.0 Å². The highest BCUT2D eigenvalue weighted by molar-refractivity contribution is 7.45. The normalized spacial score (nSPS) is 34.3. The van der Waals surface area contributed by atoms with Gasteiger partial charge in [-0.2, -0.15) is 0 Å². The van der Waals surface area contributed by atoms with Crippen molar-refractivity contribution in [2.75, 3.05) is 6.54 Å². The summed E-state index contributed by atoms with van der Waals surface area (Å²) in [5.74, 6) is 0. The van der Waals surface area contributed by atoms with Gasteiger partial charge in [-0.25, -0.2) is 19.6 Å². The average Bonchev–Trinajstić information content (AvgIpc) is 3.60. The first-order valence-corrected chi connectivity index (χ1v) is 13.0. The molecule has 0 saturated carbocycles. The number of imidazole rings is 1. The molecule has 33 heavy (non-hydrogen) atoms. The second kappa shape index (κ2) is 8.36. The zero-order valence-corrected chi connectivity index (χ0v) is 20.2. The molecule has 2 aromatic heterocycles. The Morgan fingerprint density at radius 1 is 1.21 bits per heavy atom. The van der Waals surface area contributed by atoms with Crippen molar-refractivity contribution in [3.63, 3.8) is 0 Å². The highest BCUT2D eigenvalue weighted by atomic mass is 31.2. The average molecular weight is 468 g/mol. The van der Waals surface area contributed by atoms with E-state index in [0.29, 0.717) is 6.04 Å². The predicted octanol–water partition coefficient (Wildman–Crippen LogP) is 4.85. The molecule has 3 fully saturated rings. The summed E-state index contributed by atoms with van der Waals surface area (Å²) in [5.41, 5.74) is 3.38. The van der Waals surface area contributed by atoms with E-state index in [1.807, 2.05) is 17.8 Å². The van der Waals surface area contributed by atoms with Crippen LogP contribution in [0.25, 0.3) is 11.2 Å². The highest BCUT2D eigenvalue weighted by Crippen LogP contribution is 2.64. The zero-order chi connectivity index (χ0) is 22.6.